The molecule has 120 valence electrons. The number of hydrogen-bond acceptors (Lipinski definition) is 4. The zero-order chi connectivity index (χ0) is 16.7. The molecule has 0 saturated heterocycles. The highest BCUT2D eigenvalue weighted by molar-refractivity contribution is 5.96. The maximum atomic E-state index is 12.0. The maximum absolute atomic E-state index is 12.0. The number of amides is 2. The van der Waals surface area contributed by atoms with E-state index in [2.05, 4.69) is 10.6 Å². The van der Waals surface area contributed by atoms with Crippen LogP contribution in [0.4, 0.5) is 10.5 Å². The normalized spacial score (nSPS) is 12.9. The molecule has 0 aromatic heterocycles. The van der Waals surface area contributed by atoms with Gasteiger partial charge in [-0.2, -0.15) is 0 Å². The number of Topliss-reactive ketones (excluding diaryl/α,β-unsaturated/α-hetero) is 1. The molecule has 22 heavy (non-hydrogen) atoms. The molecule has 6 nitrogen and oxygen atoms in total. The van der Waals surface area contributed by atoms with Gasteiger partial charge in [0, 0.05) is 11.3 Å². The molecule has 0 saturated carbocycles. The van der Waals surface area contributed by atoms with E-state index >= 15 is 0 Å². The summed E-state index contributed by atoms with van der Waals surface area (Å²) in [6.45, 7) is 5.27. The quantitative estimate of drug-likeness (QED) is 0.625. The number of carbonyl (C=O) groups is 3. The summed E-state index contributed by atoms with van der Waals surface area (Å²) >= 11 is 0. The van der Waals surface area contributed by atoms with Crippen LogP contribution in [0.15, 0.2) is 24.3 Å². The van der Waals surface area contributed by atoms with Crippen LogP contribution in [0.1, 0.15) is 37.6 Å². The average Bonchev–Trinajstić information content (AvgIpc) is 2.51. The molecule has 1 aromatic carbocycles. The monoisotopic (exact) mass is 306 g/mol. The molecular weight excluding hydrogens is 284 g/mol. The molecule has 0 aliphatic heterocycles. The number of carbonyl (C=O) groups excluding carboxylic acids is 3. The van der Waals surface area contributed by atoms with Gasteiger partial charge >= 0.3 is 12.0 Å². The van der Waals surface area contributed by atoms with E-state index in [0.29, 0.717) is 11.3 Å². The van der Waals surface area contributed by atoms with Crippen molar-refractivity contribution in [2.75, 3.05) is 12.4 Å². The van der Waals surface area contributed by atoms with Gasteiger partial charge in [0.1, 0.15) is 6.04 Å². The summed E-state index contributed by atoms with van der Waals surface area (Å²) in [6.07, 6.45) is 0.730. The molecule has 2 atom stereocenters. The van der Waals surface area contributed by atoms with Gasteiger partial charge in [0.25, 0.3) is 0 Å². The molecule has 0 spiro atoms. The Bertz CT molecular complexity index is 540. The summed E-state index contributed by atoms with van der Waals surface area (Å²) in [5.74, 6) is -0.562. The Kier molecular flexibility index (Phi) is 6.56. The summed E-state index contributed by atoms with van der Waals surface area (Å²) in [4.78, 5) is 34.9. The number of anilines is 1. The Labute approximate surface area is 130 Å². The molecule has 2 amide bonds. The molecule has 0 fully saturated rings. The zero-order valence-corrected chi connectivity index (χ0v) is 13.3. The lowest BCUT2D eigenvalue weighted by Gasteiger charge is -2.22. The Hall–Kier alpha value is -2.37. The van der Waals surface area contributed by atoms with Crippen molar-refractivity contribution in [3.8, 4) is 0 Å². The Morgan fingerprint density at radius 3 is 2.23 bits per heavy atom. The van der Waals surface area contributed by atoms with E-state index < -0.39 is 18.0 Å². The fourth-order valence-electron chi connectivity index (χ4n) is 1.89. The number of ketones is 1. The highest BCUT2D eigenvalue weighted by Gasteiger charge is 2.26. The van der Waals surface area contributed by atoms with Gasteiger partial charge < -0.3 is 15.4 Å². The van der Waals surface area contributed by atoms with E-state index in [4.69, 9.17) is 4.74 Å². The van der Waals surface area contributed by atoms with Crippen molar-refractivity contribution < 1.29 is 19.1 Å². The van der Waals surface area contributed by atoms with E-state index in [-0.39, 0.29) is 11.7 Å². The lowest BCUT2D eigenvalue weighted by atomic mass is 9.99. The van der Waals surface area contributed by atoms with Crippen molar-refractivity contribution in [1.29, 1.82) is 0 Å². The number of esters is 1. The minimum atomic E-state index is -0.702. The lowest BCUT2D eigenvalue weighted by molar-refractivity contribution is -0.144. The predicted octanol–water partition coefficient (Wildman–Crippen LogP) is 2.60. The fourth-order valence-corrected chi connectivity index (χ4v) is 1.89. The molecule has 1 unspecified atom stereocenters. The number of rotatable bonds is 6. The van der Waals surface area contributed by atoms with Gasteiger partial charge in [-0.25, -0.2) is 9.59 Å². The van der Waals surface area contributed by atoms with Crippen molar-refractivity contribution in [3.05, 3.63) is 29.8 Å². The third-order valence-corrected chi connectivity index (χ3v) is 3.50. The molecule has 2 N–H and O–H groups in total. The van der Waals surface area contributed by atoms with E-state index in [1.165, 1.54) is 14.0 Å². The summed E-state index contributed by atoms with van der Waals surface area (Å²) < 4.78 is 4.71. The minimum absolute atomic E-state index is 0.0430. The summed E-state index contributed by atoms with van der Waals surface area (Å²) in [5, 5.41) is 5.24. The van der Waals surface area contributed by atoms with Crippen LogP contribution < -0.4 is 10.6 Å². The lowest BCUT2D eigenvalue weighted by Crippen LogP contribution is -2.47. The molecule has 1 aromatic rings. The molecule has 0 radical (unpaired) electrons. The minimum Gasteiger partial charge on any atom is -0.467 e. The second-order valence-electron chi connectivity index (χ2n) is 5.12. The Morgan fingerprint density at radius 1 is 1.18 bits per heavy atom. The molecule has 0 heterocycles. The first-order valence-corrected chi connectivity index (χ1v) is 7.15. The van der Waals surface area contributed by atoms with Crippen LogP contribution in [0.3, 0.4) is 0 Å². The van der Waals surface area contributed by atoms with Gasteiger partial charge in [0.15, 0.2) is 5.78 Å². The van der Waals surface area contributed by atoms with Crippen LogP contribution in [0.5, 0.6) is 0 Å². The van der Waals surface area contributed by atoms with Crippen LogP contribution in [0.2, 0.25) is 0 Å². The number of methoxy groups -OCH3 is 1. The van der Waals surface area contributed by atoms with Crippen LogP contribution in [0, 0.1) is 5.92 Å². The maximum Gasteiger partial charge on any atom is 0.328 e. The van der Waals surface area contributed by atoms with Crippen LogP contribution in [-0.2, 0) is 9.53 Å². The van der Waals surface area contributed by atoms with E-state index in [9.17, 15) is 14.4 Å². The number of nitrogens with one attached hydrogen (secondary N) is 2. The average molecular weight is 306 g/mol. The number of hydrogen-bond donors (Lipinski definition) is 2. The Balaban J connectivity index is 2.70. The highest BCUT2D eigenvalue weighted by atomic mass is 16.5. The van der Waals surface area contributed by atoms with Crippen molar-refractivity contribution in [1.82, 2.24) is 5.32 Å². The van der Waals surface area contributed by atoms with Crippen molar-refractivity contribution >= 4 is 23.5 Å². The van der Waals surface area contributed by atoms with Gasteiger partial charge in [0.05, 0.1) is 7.11 Å². The van der Waals surface area contributed by atoms with Gasteiger partial charge in [-0.15, -0.1) is 0 Å². The van der Waals surface area contributed by atoms with E-state index in [1.54, 1.807) is 24.3 Å². The molecule has 0 aliphatic rings. The molecule has 6 heteroatoms. The molecule has 1 rings (SSSR count). The summed E-state index contributed by atoms with van der Waals surface area (Å²) in [6, 6.07) is 5.33. The number of benzene rings is 1. The van der Waals surface area contributed by atoms with Gasteiger partial charge in [0.2, 0.25) is 0 Å². The zero-order valence-electron chi connectivity index (χ0n) is 13.3. The first-order chi connectivity index (χ1) is 10.4. The van der Waals surface area contributed by atoms with E-state index in [0.717, 1.165) is 6.42 Å². The van der Waals surface area contributed by atoms with Crippen LogP contribution in [0.25, 0.3) is 0 Å². The topological polar surface area (TPSA) is 84.5 Å². The third-order valence-electron chi connectivity index (χ3n) is 3.50. The molecule has 0 bridgehead atoms. The van der Waals surface area contributed by atoms with Crippen LogP contribution >= 0.6 is 0 Å². The Morgan fingerprint density at radius 2 is 1.77 bits per heavy atom. The number of urea groups is 1. The standard InChI is InChI=1S/C16H22N2O4/c1-5-10(2)14(15(20)22-4)18-16(21)17-13-8-6-12(7-9-13)11(3)19/h6-10,14H,5H2,1-4H3,(H2,17,18,21)/t10?,14-/m0/s1. The summed E-state index contributed by atoms with van der Waals surface area (Å²) in [5.41, 5.74) is 1.10. The highest BCUT2D eigenvalue weighted by Crippen LogP contribution is 2.12. The van der Waals surface area contributed by atoms with E-state index in [1.807, 2.05) is 13.8 Å². The third kappa shape index (κ3) is 4.87. The first-order valence-electron chi connectivity index (χ1n) is 7.15. The first kappa shape index (κ1) is 17.7. The largest absolute Gasteiger partial charge is 0.467 e. The van der Waals surface area contributed by atoms with Gasteiger partial charge in [-0.3, -0.25) is 4.79 Å². The van der Waals surface area contributed by atoms with Gasteiger partial charge in [-0.1, -0.05) is 20.3 Å². The van der Waals surface area contributed by atoms with Gasteiger partial charge in [-0.05, 0) is 37.1 Å². The smallest absolute Gasteiger partial charge is 0.328 e. The summed E-state index contributed by atoms with van der Waals surface area (Å²) in [7, 11) is 1.29. The fraction of sp³-hybridized carbons (Fsp3) is 0.438. The second-order valence-corrected chi connectivity index (χ2v) is 5.12. The predicted molar refractivity (Wildman–Crippen MR) is 83.9 cm³/mol. The SMILES string of the molecule is CCC(C)[C@H](NC(=O)Nc1ccc(C(C)=O)cc1)C(=O)OC. The number of ether oxygens (including phenoxy) is 1. The molecular formula is C16H22N2O4. The van der Waals surface area contributed by atoms with Crippen molar-refractivity contribution in [2.45, 2.75) is 33.2 Å². The second kappa shape index (κ2) is 8.17. The van der Waals surface area contributed by atoms with Crippen LogP contribution in [-0.4, -0.2) is 30.9 Å². The molecule has 0 aliphatic carbocycles. The van der Waals surface area contributed by atoms with Crippen molar-refractivity contribution in [3.63, 3.8) is 0 Å². The van der Waals surface area contributed by atoms with Crippen molar-refractivity contribution in [2.24, 2.45) is 5.92 Å².